The number of hydrogen-bond acceptors (Lipinski definition) is 4. The number of benzene rings is 1. The second kappa shape index (κ2) is 4.79. The van der Waals surface area contributed by atoms with Crippen molar-refractivity contribution in [1.82, 2.24) is 10.1 Å². The summed E-state index contributed by atoms with van der Waals surface area (Å²) in [5, 5.41) is 3.75. The molecule has 2 aromatic rings. The number of rotatable bonds is 4. The van der Waals surface area contributed by atoms with Crippen LogP contribution in [0.15, 0.2) is 28.8 Å². The Bertz CT molecular complexity index is 448. The molecule has 0 amide bonds. The molecule has 1 aromatic heterocycles. The van der Waals surface area contributed by atoms with Gasteiger partial charge in [-0.3, -0.25) is 0 Å². The summed E-state index contributed by atoms with van der Waals surface area (Å²) in [6.45, 7) is 1.83. The van der Waals surface area contributed by atoms with Crippen LogP contribution < -0.4 is 5.73 Å². The number of aryl methyl sites for hydroxylation is 3. The molecular weight excluding hydrogens is 202 g/mol. The van der Waals surface area contributed by atoms with Gasteiger partial charge in [0, 0.05) is 12.1 Å². The Morgan fingerprint density at radius 2 is 1.94 bits per heavy atom. The lowest BCUT2D eigenvalue weighted by molar-refractivity contribution is 0.372. The Balaban J connectivity index is 1.82. The molecule has 0 saturated heterocycles. The van der Waals surface area contributed by atoms with E-state index in [1.165, 1.54) is 5.56 Å². The van der Waals surface area contributed by atoms with Gasteiger partial charge < -0.3 is 10.3 Å². The van der Waals surface area contributed by atoms with E-state index in [2.05, 4.69) is 10.1 Å². The molecular formula is C12H15N3O. The number of aromatic nitrogens is 2. The molecule has 1 aromatic carbocycles. The number of nitrogens with two attached hydrogens (primary N) is 1. The van der Waals surface area contributed by atoms with E-state index in [0.29, 0.717) is 11.7 Å². The zero-order chi connectivity index (χ0) is 11.4. The first-order valence-corrected chi connectivity index (χ1v) is 5.37. The van der Waals surface area contributed by atoms with Crippen LogP contribution in [-0.2, 0) is 12.8 Å². The van der Waals surface area contributed by atoms with Gasteiger partial charge in [-0.25, -0.2) is 0 Å². The largest absolute Gasteiger partial charge is 0.399 e. The highest BCUT2D eigenvalue weighted by atomic mass is 16.5. The smallest absolute Gasteiger partial charge is 0.226 e. The highest BCUT2D eigenvalue weighted by Gasteiger charge is 2.02. The number of nitrogens with zero attached hydrogens (tertiary/aromatic N) is 2. The van der Waals surface area contributed by atoms with Gasteiger partial charge in [-0.15, -0.1) is 0 Å². The fourth-order valence-electron chi connectivity index (χ4n) is 1.57. The van der Waals surface area contributed by atoms with Crippen LogP contribution in [0, 0.1) is 6.92 Å². The van der Waals surface area contributed by atoms with Crippen LogP contribution in [-0.4, -0.2) is 10.1 Å². The predicted octanol–water partition coefficient (Wildman–Crippen LogP) is 2.14. The lowest BCUT2D eigenvalue weighted by Crippen LogP contribution is -1.91. The van der Waals surface area contributed by atoms with Crippen LogP contribution >= 0.6 is 0 Å². The van der Waals surface area contributed by atoms with E-state index in [0.717, 1.165) is 24.9 Å². The van der Waals surface area contributed by atoms with Gasteiger partial charge in [0.1, 0.15) is 0 Å². The summed E-state index contributed by atoms with van der Waals surface area (Å²) in [6.07, 6.45) is 2.83. The molecule has 0 aliphatic rings. The number of nitrogen functional groups attached to an aromatic ring is 1. The summed E-state index contributed by atoms with van der Waals surface area (Å²) < 4.78 is 5.04. The van der Waals surface area contributed by atoms with Gasteiger partial charge in [-0.2, -0.15) is 4.98 Å². The van der Waals surface area contributed by atoms with Crippen LogP contribution in [0.1, 0.15) is 23.7 Å². The third kappa shape index (κ3) is 2.82. The molecule has 0 aliphatic heterocycles. The molecule has 2 rings (SSSR count). The lowest BCUT2D eigenvalue weighted by Gasteiger charge is -1.99. The topological polar surface area (TPSA) is 64.9 Å². The van der Waals surface area contributed by atoms with Crippen LogP contribution in [0.25, 0.3) is 0 Å². The summed E-state index contributed by atoms with van der Waals surface area (Å²) in [5.74, 6) is 1.41. The fraction of sp³-hybridized carbons (Fsp3) is 0.333. The second-order valence-corrected chi connectivity index (χ2v) is 3.83. The molecule has 0 bridgehead atoms. The molecule has 0 fully saturated rings. The molecule has 4 heteroatoms. The van der Waals surface area contributed by atoms with Crippen molar-refractivity contribution in [2.24, 2.45) is 0 Å². The Hall–Kier alpha value is -1.84. The molecule has 1 heterocycles. The Labute approximate surface area is 94.5 Å². The summed E-state index contributed by atoms with van der Waals surface area (Å²) in [5.41, 5.74) is 7.70. The third-order valence-corrected chi connectivity index (χ3v) is 2.41. The van der Waals surface area contributed by atoms with Gasteiger partial charge in [0.05, 0.1) is 0 Å². The highest BCUT2D eigenvalue weighted by Crippen LogP contribution is 2.09. The molecule has 2 N–H and O–H groups in total. The number of hydrogen-bond donors (Lipinski definition) is 1. The van der Waals surface area contributed by atoms with Gasteiger partial charge >= 0.3 is 0 Å². The fourth-order valence-corrected chi connectivity index (χ4v) is 1.57. The molecule has 0 atom stereocenters. The molecule has 0 spiro atoms. The molecule has 84 valence electrons. The molecule has 4 nitrogen and oxygen atoms in total. The van der Waals surface area contributed by atoms with Crippen LogP contribution in [0.2, 0.25) is 0 Å². The Morgan fingerprint density at radius 1 is 1.19 bits per heavy atom. The summed E-state index contributed by atoms with van der Waals surface area (Å²) in [7, 11) is 0. The van der Waals surface area contributed by atoms with Crippen LogP contribution in [0.5, 0.6) is 0 Å². The Kier molecular flexibility index (Phi) is 3.19. The summed E-state index contributed by atoms with van der Waals surface area (Å²) in [6, 6.07) is 7.95. The minimum Gasteiger partial charge on any atom is -0.399 e. The van der Waals surface area contributed by atoms with Crippen molar-refractivity contribution in [3.63, 3.8) is 0 Å². The average Bonchev–Trinajstić information content (AvgIpc) is 2.67. The van der Waals surface area contributed by atoms with Crippen molar-refractivity contribution >= 4 is 5.69 Å². The van der Waals surface area contributed by atoms with E-state index in [1.54, 1.807) is 0 Å². The van der Waals surface area contributed by atoms with Crippen molar-refractivity contribution in [1.29, 1.82) is 0 Å². The standard InChI is InChI=1S/C12H15N3O/c1-9-14-12(16-15-9)4-2-3-10-5-7-11(13)8-6-10/h5-8H,2-4,13H2,1H3. The van der Waals surface area contributed by atoms with E-state index in [9.17, 15) is 0 Å². The lowest BCUT2D eigenvalue weighted by atomic mass is 10.1. The summed E-state index contributed by atoms with van der Waals surface area (Å²) >= 11 is 0. The molecule has 0 radical (unpaired) electrons. The van der Waals surface area contributed by atoms with E-state index in [1.807, 2.05) is 31.2 Å². The molecule has 0 saturated carbocycles. The first-order chi connectivity index (χ1) is 7.74. The van der Waals surface area contributed by atoms with Crippen LogP contribution in [0.3, 0.4) is 0 Å². The monoisotopic (exact) mass is 217 g/mol. The van der Waals surface area contributed by atoms with Crippen molar-refractivity contribution in [3.05, 3.63) is 41.5 Å². The third-order valence-electron chi connectivity index (χ3n) is 2.41. The maximum atomic E-state index is 5.62. The quantitative estimate of drug-likeness (QED) is 0.797. The minimum absolute atomic E-state index is 0.697. The first-order valence-electron chi connectivity index (χ1n) is 5.37. The first kappa shape index (κ1) is 10.7. The van der Waals surface area contributed by atoms with E-state index in [4.69, 9.17) is 10.3 Å². The normalized spacial score (nSPS) is 10.6. The maximum Gasteiger partial charge on any atom is 0.226 e. The second-order valence-electron chi connectivity index (χ2n) is 3.83. The molecule has 16 heavy (non-hydrogen) atoms. The number of anilines is 1. The van der Waals surface area contributed by atoms with Crippen molar-refractivity contribution in [2.45, 2.75) is 26.2 Å². The highest BCUT2D eigenvalue weighted by molar-refractivity contribution is 5.39. The SMILES string of the molecule is Cc1noc(CCCc2ccc(N)cc2)n1. The predicted molar refractivity (Wildman–Crippen MR) is 61.9 cm³/mol. The van der Waals surface area contributed by atoms with Crippen molar-refractivity contribution in [2.75, 3.05) is 5.73 Å². The zero-order valence-electron chi connectivity index (χ0n) is 9.31. The van der Waals surface area contributed by atoms with Crippen molar-refractivity contribution < 1.29 is 4.52 Å². The van der Waals surface area contributed by atoms with Gasteiger partial charge in [0.15, 0.2) is 5.82 Å². The van der Waals surface area contributed by atoms with E-state index in [-0.39, 0.29) is 0 Å². The van der Waals surface area contributed by atoms with Gasteiger partial charge in [0.25, 0.3) is 0 Å². The van der Waals surface area contributed by atoms with E-state index < -0.39 is 0 Å². The molecule has 0 unspecified atom stereocenters. The van der Waals surface area contributed by atoms with E-state index >= 15 is 0 Å². The Morgan fingerprint density at radius 3 is 2.56 bits per heavy atom. The molecule has 0 aliphatic carbocycles. The maximum absolute atomic E-state index is 5.62. The zero-order valence-corrected chi connectivity index (χ0v) is 9.31. The van der Waals surface area contributed by atoms with Gasteiger partial charge in [0.2, 0.25) is 5.89 Å². The van der Waals surface area contributed by atoms with Crippen molar-refractivity contribution in [3.8, 4) is 0 Å². The van der Waals surface area contributed by atoms with Gasteiger partial charge in [-0.1, -0.05) is 17.3 Å². The van der Waals surface area contributed by atoms with Gasteiger partial charge in [-0.05, 0) is 37.5 Å². The average molecular weight is 217 g/mol. The minimum atomic E-state index is 0.697. The summed E-state index contributed by atoms with van der Waals surface area (Å²) in [4.78, 5) is 4.16. The van der Waals surface area contributed by atoms with Crippen LogP contribution in [0.4, 0.5) is 5.69 Å².